The van der Waals surface area contributed by atoms with Gasteiger partial charge in [0.1, 0.15) is 0 Å². The van der Waals surface area contributed by atoms with Crippen LogP contribution >= 0.6 is 0 Å². The monoisotopic (exact) mass is 111 g/mol. The van der Waals surface area contributed by atoms with Crippen molar-refractivity contribution in [2.75, 3.05) is 0 Å². The summed E-state index contributed by atoms with van der Waals surface area (Å²) in [6.45, 7) is 0. The van der Waals surface area contributed by atoms with Crippen LogP contribution in [0.5, 0.6) is 0 Å². The molecule has 0 aromatic carbocycles. The molecule has 0 unspecified atom stereocenters. The van der Waals surface area contributed by atoms with Crippen LogP contribution in [0.4, 0.5) is 8.78 Å². The number of carbonyl (C=O) groups is 1. The molecule has 0 amide bonds. The van der Waals surface area contributed by atoms with Crippen LogP contribution in [0.25, 0.3) is 0 Å². The number of hydrogen-bond donors (Lipinski definition) is 1. The van der Waals surface area contributed by atoms with E-state index in [4.69, 9.17) is 15.0 Å². The lowest BCUT2D eigenvalue weighted by Gasteiger charge is -1.94. The fourth-order valence-corrected chi connectivity index (χ4v) is 0. The molecule has 0 rings (SSSR count). The van der Waals surface area contributed by atoms with Crippen LogP contribution in [-0.2, 0) is 9.90 Å². The second-order valence-corrected chi connectivity index (χ2v) is 0.822. The molecule has 41 valence electrons. The van der Waals surface area contributed by atoms with Crippen molar-refractivity contribution in [2.24, 2.45) is 0 Å². The van der Waals surface area contributed by atoms with E-state index in [-0.39, 0.29) is 0 Å². The van der Waals surface area contributed by atoms with Crippen molar-refractivity contribution in [2.45, 2.75) is 6.11 Å². The third-order valence-electron chi connectivity index (χ3n) is 0.249. The van der Waals surface area contributed by atoms with Crippen molar-refractivity contribution in [3.63, 3.8) is 0 Å². The highest BCUT2D eigenvalue weighted by Crippen LogP contribution is 2.07. The third kappa shape index (κ3) is 2.05. The van der Waals surface area contributed by atoms with E-state index in [9.17, 15) is 8.78 Å². The average Bonchev–Trinajstić information content (AvgIpc) is 1.31. The Balaban J connectivity index is 3.79. The van der Waals surface area contributed by atoms with Crippen molar-refractivity contribution >= 4 is 5.97 Å². The highest BCUT2D eigenvalue weighted by molar-refractivity contribution is 5.72. The van der Waals surface area contributed by atoms with E-state index in [1.165, 1.54) is 0 Å². The first-order valence-corrected chi connectivity index (χ1v) is 1.26. The molecule has 1 N–H and O–H groups in total. The van der Waals surface area contributed by atoms with Gasteiger partial charge < -0.3 is 5.11 Å². The predicted molar refractivity (Wildman–Crippen MR) is 13.3 cm³/mol. The lowest BCUT2D eigenvalue weighted by Crippen LogP contribution is -2.25. The Bertz CT molecular complexity index is 83.4. The fraction of sp³-hybridized carbons (Fsp3) is 0.500. The standard InChI is InChI=1S/C2HF2O3/c3-2(4,7)1(5)6/h(H,5,6). The van der Waals surface area contributed by atoms with Gasteiger partial charge in [-0.25, -0.2) is 4.79 Å². The van der Waals surface area contributed by atoms with Gasteiger partial charge in [-0.05, 0) is 0 Å². The quantitative estimate of drug-likeness (QED) is 0.521. The molecule has 0 saturated heterocycles. The zero-order chi connectivity index (χ0) is 6.08. The third-order valence-corrected chi connectivity index (χ3v) is 0.249. The van der Waals surface area contributed by atoms with Gasteiger partial charge in [-0.15, -0.1) is 5.11 Å². The average molecular weight is 111 g/mol. The summed E-state index contributed by atoms with van der Waals surface area (Å²) in [6.07, 6.45) is -4.83. The first kappa shape index (κ1) is 6.29. The fourth-order valence-electron chi connectivity index (χ4n) is 0. The molecular formula is C2HF2O3. The van der Waals surface area contributed by atoms with Crippen LogP contribution in [0.15, 0.2) is 0 Å². The first-order chi connectivity index (χ1) is 2.94. The van der Waals surface area contributed by atoms with Crippen molar-refractivity contribution in [3.05, 3.63) is 0 Å². The molecular weight excluding hydrogens is 110 g/mol. The summed E-state index contributed by atoms with van der Waals surface area (Å²) >= 11 is 0. The van der Waals surface area contributed by atoms with Crippen LogP contribution in [-0.4, -0.2) is 17.2 Å². The van der Waals surface area contributed by atoms with E-state index in [0.29, 0.717) is 0 Å². The zero-order valence-electron chi connectivity index (χ0n) is 3.02. The van der Waals surface area contributed by atoms with Crippen LogP contribution in [0.1, 0.15) is 0 Å². The van der Waals surface area contributed by atoms with E-state index in [2.05, 4.69) is 0 Å². The smallest absolute Gasteiger partial charge is 0.475 e. The van der Waals surface area contributed by atoms with Crippen LogP contribution in [0.2, 0.25) is 0 Å². The van der Waals surface area contributed by atoms with Gasteiger partial charge in [-0.1, -0.05) is 0 Å². The summed E-state index contributed by atoms with van der Waals surface area (Å²) in [4.78, 5) is 8.96. The molecule has 0 aromatic heterocycles. The maximum Gasteiger partial charge on any atom is 0.482 e. The van der Waals surface area contributed by atoms with Gasteiger partial charge in [0.05, 0.1) is 0 Å². The largest absolute Gasteiger partial charge is 0.482 e. The van der Waals surface area contributed by atoms with Gasteiger partial charge in [0, 0.05) is 0 Å². The van der Waals surface area contributed by atoms with Gasteiger partial charge in [0.15, 0.2) is 0 Å². The summed E-state index contributed by atoms with van der Waals surface area (Å²) in [7, 11) is 0. The van der Waals surface area contributed by atoms with Crippen molar-refractivity contribution in [1.29, 1.82) is 0 Å². The van der Waals surface area contributed by atoms with Crippen LogP contribution in [0, 0.1) is 0 Å². The molecule has 0 fully saturated rings. The van der Waals surface area contributed by atoms with Crippen molar-refractivity contribution < 1.29 is 23.8 Å². The Hall–Kier alpha value is -0.710. The number of aliphatic carboxylic acids is 1. The summed E-state index contributed by atoms with van der Waals surface area (Å²) in [5.74, 6) is -2.65. The Morgan fingerprint density at radius 1 is 1.57 bits per heavy atom. The molecule has 0 bridgehead atoms. The predicted octanol–water partition coefficient (Wildman–Crippen LogP) is 0.0943. The molecule has 0 aliphatic heterocycles. The molecule has 1 radical (unpaired) electrons. The van der Waals surface area contributed by atoms with Crippen molar-refractivity contribution in [1.82, 2.24) is 0 Å². The molecule has 7 heavy (non-hydrogen) atoms. The van der Waals surface area contributed by atoms with E-state index < -0.39 is 12.1 Å². The van der Waals surface area contributed by atoms with E-state index in [0.717, 1.165) is 0 Å². The number of rotatable bonds is 1. The number of carboxylic acids is 1. The number of hydrogen-bond acceptors (Lipinski definition) is 1. The SMILES string of the molecule is [O]C(F)(F)C(=O)O. The number of carboxylic acid groups (broad SMARTS) is 1. The topological polar surface area (TPSA) is 57.2 Å². The van der Waals surface area contributed by atoms with Gasteiger partial charge in [-0.2, -0.15) is 8.78 Å². The van der Waals surface area contributed by atoms with Crippen molar-refractivity contribution in [3.8, 4) is 0 Å². The number of alkyl halides is 2. The zero-order valence-corrected chi connectivity index (χ0v) is 3.02. The minimum Gasteiger partial charge on any atom is -0.475 e. The Labute approximate surface area is 37.2 Å². The number of halogens is 2. The van der Waals surface area contributed by atoms with Gasteiger partial charge in [0.2, 0.25) is 0 Å². The molecule has 0 aliphatic rings. The maximum atomic E-state index is 10.7. The minimum atomic E-state index is -4.83. The second-order valence-electron chi connectivity index (χ2n) is 0.822. The Morgan fingerprint density at radius 2 is 1.71 bits per heavy atom. The molecule has 5 heteroatoms. The minimum absolute atomic E-state index is 2.65. The summed E-state index contributed by atoms with van der Waals surface area (Å²) in [5.41, 5.74) is 0. The van der Waals surface area contributed by atoms with Crippen LogP contribution < -0.4 is 0 Å². The van der Waals surface area contributed by atoms with E-state index in [1.807, 2.05) is 0 Å². The Kier molecular flexibility index (Phi) is 1.27. The molecule has 0 aliphatic carbocycles. The lowest BCUT2D eigenvalue weighted by atomic mass is 10.7. The Morgan fingerprint density at radius 3 is 1.71 bits per heavy atom. The summed E-state index contributed by atoms with van der Waals surface area (Å²) < 4.78 is 21.4. The summed E-state index contributed by atoms with van der Waals surface area (Å²) in [5, 5.41) is 16.1. The normalized spacial score (nSPS) is 11.3. The van der Waals surface area contributed by atoms with E-state index in [1.54, 1.807) is 0 Å². The molecule has 0 saturated carbocycles. The molecule has 0 atom stereocenters. The van der Waals surface area contributed by atoms with Gasteiger partial charge in [0.25, 0.3) is 0 Å². The molecule has 3 nitrogen and oxygen atoms in total. The van der Waals surface area contributed by atoms with Gasteiger partial charge in [-0.3, -0.25) is 0 Å². The lowest BCUT2D eigenvalue weighted by molar-refractivity contribution is -0.247. The summed E-state index contributed by atoms with van der Waals surface area (Å²) in [6, 6.07) is 0. The molecule has 0 aromatic rings. The highest BCUT2D eigenvalue weighted by Gasteiger charge is 2.37. The molecule has 0 spiro atoms. The maximum absolute atomic E-state index is 10.7. The van der Waals surface area contributed by atoms with E-state index >= 15 is 0 Å². The van der Waals surface area contributed by atoms with Gasteiger partial charge >= 0.3 is 12.1 Å². The van der Waals surface area contributed by atoms with Crippen LogP contribution in [0.3, 0.4) is 0 Å². The highest BCUT2D eigenvalue weighted by atomic mass is 19.3. The second kappa shape index (κ2) is 1.42. The first-order valence-electron chi connectivity index (χ1n) is 1.26. The molecule has 0 heterocycles.